The average molecular weight is 343 g/mol. The maximum Gasteiger partial charge on any atom is 0.254 e. The van der Waals surface area contributed by atoms with Crippen LogP contribution in [0, 0.1) is 5.92 Å². The summed E-state index contributed by atoms with van der Waals surface area (Å²) < 4.78 is 18.3. The number of rotatable bonds is 4. The molecular weight excluding hydrogens is 322 g/mol. The van der Waals surface area contributed by atoms with Gasteiger partial charge in [-0.25, -0.2) is 0 Å². The van der Waals surface area contributed by atoms with E-state index in [4.69, 9.17) is 14.2 Å². The van der Waals surface area contributed by atoms with Crippen molar-refractivity contribution < 1.29 is 19.0 Å². The number of aromatic nitrogens is 2. The first-order chi connectivity index (χ1) is 12.2. The van der Waals surface area contributed by atoms with Crippen molar-refractivity contribution in [3.63, 3.8) is 0 Å². The fourth-order valence-corrected chi connectivity index (χ4v) is 3.29. The van der Waals surface area contributed by atoms with Gasteiger partial charge in [-0.3, -0.25) is 9.48 Å². The Morgan fingerprint density at radius 3 is 3.04 bits per heavy atom. The molecule has 0 fully saturated rings. The molecule has 1 aromatic carbocycles. The molecule has 2 aliphatic heterocycles. The molecule has 0 saturated heterocycles. The highest BCUT2D eigenvalue weighted by Crippen LogP contribution is 2.33. The van der Waals surface area contributed by atoms with Gasteiger partial charge in [0.15, 0.2) is 11.5 Å². The number of hydrogen-bond acceptors (Lipinski definition) is 5. The molecule has 7 heteroatoms. The van der Waals surface area contributed by atoms with Gasteiger partial charge in [0.2, 0.25) is 6.79 Å². The molecule has 2 aromatic rings. The molecule has 3 heterocycles. The van der Waals surface area contributed by atoms with E-state index in [1.807, 2.05) is 22.6 Å². The zero-order chi connectivity index (χ0) is 17.2. The van der Waals surface area contributed by atoms with E-state index in [1.165, 1.54) is 0 Å². The Balaban J connectivity index is 1.58. The van der Waals surface area contributed by atoms with Crippen LogP contribution in [0.1, 0.15) is 23.0 Å². The first-order valence-corrected chi connectivity index (χ1v) is 8.52. The van der Waals surface area contributed by atoms with Gasteiger partial charge in [0, 0.05) is 37.4 Å². The Hall–Kier alpha value is -2.54. The number of carbonyl (C=O) groups excluding carboxylic acids is 1. The summed E-state index contributed by atoms with van der Waals surface area (Å²) in [6.45, 7) is 5.39. The van der Waals surface area contributed by atoms with Crippen LogP contribution in [0.2, 0.25) is 0 Å². The van der Waals surface area contributed by atoms with E-state index >= 15 is 0 Å². The smallest absolute Gasteiger partial charge is 0.254 e. The molecular formula is C18H21N3O4. The molecule has 1 atom stereocenters. The summed E-state index contributed by atoms with van der Waals surface area (Å²) in [5.74, 6) is 1.49. The van der Waals surface area contributed by atoms with Crippen molar-refractivity contribution >= 4 is 5.91 Å². The first-order valence-electron chi connectivity index (χ1n) is 8.52. The maximum absolute atomic E-state index is 13.1. The second-order valence-electron chi connectivity index (χ2n) is 6.28. The lowest BCUT2D eigenvalue weighted by atomic mass is 10.1. The summed E-state index contributed by atoms with van der Waals surface area (Å²) in [7, 11) is 0. The van der Waals surface area contributed by atoms with Crippen LogP contribution >= 0.6 is 0 Å². The Kier molecular flexibility index (Phi) is 4.31. The molecule has 2 aliphatic rings. The minimum Gasteiger partial charge on any atom is -0.454 e. The molecule has 132 valence electrons. The average Bonchev–Trinajstić information content (AvgIpc) is 3.23. The Morgan fingerprint density at radius 1 is 1.28 bits per heavy atom. The summed E-state index contributed by atoms with van der Waals surface area (Å²) in [6.07, 6.45) is 1.78. The summed E-state index contributed by atoms with van der Waals surface area (Å²) in [6, 6.07) is 7.29. The molecule has 0 bridgehead atoms. The number of hydrogen-bond donors (Lipinski definition) is 0. The van der Waals surface area contributed by atoms with Crippen LogP contribution in [0.15, 0.2) is 30.5 Å². The van der Waals surface area contributed by atoms with Crippen molar-refractivity contribution in [1.29, 1.82) is 0 Å². The lowest BCUT2D eigenvalue weighted by Crippen LogP contribution is -2.35. The number of nitrogens with zero attached hydrogens (tertiary/aromatic N) is 3. The number of amides is 1. The van der Waals surface area contributed by atoms with Gasteiger partial charge >= 0.3 is 0 Å². The minimum atomic E-state index is -0.0190. The van der Waals surface area contributed by atoms with E-state index in [-0.39, 0.29) is 18.6 Å². The summed E-state index contributed by atoms with van der Waals surface area (Å²) in [4.78, 5) is 14.9. The van der Waals surface area contributed by atoms with Gasteiger partial charge in [-0.2, -0.15) is 5.10 Å². The molecule has 25 heavy (non-hydrogen) atoms. The van der Waals surface area contributed by atoms with E-state index < -0.39 is 0 Å². The van der Waals surface area contributed by atoms with Gasteiger partial charge in [0.05, 0.1) is 18.8 Å². The monoisotopic (exact) mass is 343 g/mol. The van der Waals surface area contributed by atoms with E-state index in [9.17, 15) is 4.79 Å². The number of benzene rings is 1. The van der Waals surface area contributed by atoms with Crippen molar-refractivity contribution in [1.82, 2.24) is 14.7 Å². The van der Waals surface area contributed by atoms with Crippen molar-refractivity contribution in [2.24, 2.45) is 5.92 Å². The number of carbonyl (C=O) groups is 1. The van der Waals surface area contributed by atoms with Crippen LogP contribution in [0.25, 0.3) is 0 Å². The fourth-order valence-electron chi connectivity index (χ4n) is 3.29. The van der Waals surface area contributed by atoms with Gasteiger partial charge < -0.3 is 19.1 Å². The Morgan fingerprint density at radius 2 is 2.16 bits per heavy atom. The van der Waals surface area contributed by atoms with Gasteiger partial charge in [-0.15, -0.1) is 0 Å². The quantitative estimate of drug-likeness (QED) is 0.849. The molecule has 4 rings (SSSR count). The highest BCUT2D eigenvalue weighted by Gasteiger charge is 2.27. The van der Waals surface area contributed by atoms with Gasteiger partial charge in [-0.1, -0.05) is 0 Å². The minimum absolute atomic E-state index is 0.0190. The summed E-state index contributed by atoms with van der Waals surface area (Å²) in [5.41, 5.74) is 1.64. The van der Waals surface area contributed by atoms with Crippen LogP contribution in [-0.2, 0) is 17.8 Å². The van der Waals surface area contributed by atoms with Crippen molar-refractivity contribution in [3.05, 3.63) is 41.7 Å². The molecule has 0 aliphatic carbocycles. The first kappa shape index (κ1) is 16.0. The highest BCUT2D eigenvalue weighted by atomic mass is 16.7. The molecule has 0 spiro atoms. The van der Waals surface area contributed by atoms with Crippen molar-refractivity contribution in [2.45, 2.75) is 20.0 Å². The van der Waals surface area contributed by atoms with Gasteiger partial charge in [0.25, 0.3) is 5.91 Å². The maximum atomic E-state index is 13.1. The predicted molar refractivity (Wildman–Crippen MR) is 89.5 cm³/mol. The second-order valence-corrected chi connectivity index (χ2v) is 6.28. The lowest BCUT2D eigenvalue weighted by Gasteiger charge is -2.24. The molecule has 1 aromatic heterocycles. The molecule has 1 amide bonds. The van der Waals surface area contributed by atoms with Crippen LogP contribution in [-0.4, -0.2) is 47.1 Å². The molecule has 0 radical (unpaired) electrons. The van der Waals surface area contributed by atoms with Gasteiger partial charge in [-0.05, 0) is 31.2 Å². The van der Waals surface area contributed by atoms with Crippen molar-refractivity contribution in [2.75, 3.05) is 26.6 Å². The molecule has 0 saturated carbocycles. The summed E-state index contributed by atoms with van der Waals surface area (Å²) >= 11 is 0. The Labute approximate surface area is 146 Å². The lowest BCUT2D eigenvalue weighted by molar-refractivity contribution is 0.0617. The van der Waals surface area contributed by atoms with E-state index in [0.29, 0.717) is 43.4 Å². The van der Waals surface area contributed by atoms with E-state index in [2.05, 4.69) is 5.10 Å². The van der Waals surface area contributed by atoms with Crippen LogP contribution in [0.3, 0.4) is 0 Å². The zero-order valence-electron chi connectivity index (χ0n) is 14.2. The topological polar surface area (TPSA) is 65.8 Å². The van der Waals surface area contributed by atoms with Crippen LogP contribution < -0.4 is 9.47 Å². The largest absolute Gasteiger partial charge is 0.454 e. The van der Waals surface area contributed by atoms with Crippen LogP contribution in [0.5, 0.6) is 11.5 Å². The number of fused-ring (bicyclic) bond motifs is 2. The Bertz CT molecular complexity index is 773. The molecule has 7 nitrogen and oxygen atoms in total. The highest BCUT2D eigenvalue weighted by molar-refractivity contribution is 5.95. The zero-order valence-corrected chi connectivity index (χ0v) is 14.2. The SMILES string of the molecule is CCOCC1CN(C(=O)c2ccc3c(c2)OCO3)Cc2ccnn2C1. The molecule has 1 unspecified atom stereocenters. The van der Waals surface area contributed by atoms with E-state index in [1.54, 1.807) is 24.4 Å². The third-order valence-corrected chi connectivity index (χ3v) is 4.53. The second kappa shape index (κ2) is 6.76. The third-order valence-electron chi connectivity index (χ3n) is 4.53. The van der Waals surface area contributed by atoms with Gasteiger partial charge in [0.1, 0.15) is 0 Å². The number of ether oxygens (including phenoxy) is 3. The van der Waals surface area contributed by atoms with Crippen molar-refractivity contribution in [3.8, 4) is 11.5 Å². The van der Waals surface area contributed by atoms with Crippen LogP contribution in [0.4, 0.5) is 0 Å². The standard InChI is InChI=1S/C18H21N3O4/c1-2-23-11-13-8-20(10-15-5-6-19-21(15)9-13)18(22)14-3-4-16-17(7-14)25-12-24-16/h3-7,13H,2,8-12H2,1H3. The normalized spacial score (nSPS) is 18.8. The summed E-state index contributed by atoms with van der Waals surface area (Å²) in [5, 5.41) is 4.38. The third kappa shape index (κ3) is 3.19. The molecule has 0 N–H and O–H groups in total. The fraction of sp³-hybridized carbons (Fsp3) is 0.444. The van der Waals surface area contributed by atoms with E-state index in [0.717, 1.165) is 12.2 Å². The predicted octanol–water partition coefficient (Wildman–Crippen LogP) is 1.92.